The van der Waals surface area contributed by atoms with Crippen LogP contribution in [0.25, 0.3) is 0 Å². The predicted octanol–water partition coefficient (Wildman–Crippen LogP) is 1.08. The molecule has 0 saturated heterocycles. The van der Waals surface area contributed by atoms with E-state index in [2.05, 4.69) is 4.74 Å². The molecular formula is C13H16O5. The molecule has 0 aliphatic heterocycles. The number of carbonyl (C=O) groups excluding carboxylic acids is 2. The third kappa shape index (κ3) is 4.55. The number of ether oxygens (including phenoxy) is 2. The fourth-order valence-corrected chi connectivity index (χ4v) is 1.27. The van der Waals surface area contributed by atoms with E-state index in [0.29, 0.717) is 18.6 Å². The second-order valence-electron chi connectivity index (χ2n) is 3.82. The van der Waals surface area contributed by atoms with E-state index in [1.807, 2.05) is 0 Å². The molecule has 0 radical (unpaired) electrons. The molecule has 1 unspecified atom stereocenters. The number of hydrogen-bond donors (Lipinski definition) is 1. The molecule has 0 bridgehead atoms. The van der Waals surface area contributed by atoms with Crippen molar-refractivity contribution in [2.24, 2.45) is 0 Å². The van der Waals surface area contributed by atoms with Gasteiger partial charge in [0.25, 0.3) is 0 Å². The maximum absolute atomic E-state index is 11.1. The molecule has 1 aromatic carbocycles. The standard InChI is InChI=1S/C13H16O5/c1-9(14)13(16)18-11-6-3-10(4-7-11)5-8-12(15)17-2/h3-4,6-7,9,14H,5,8H2,1-2H3. The highest BCUT2D eigenvalue weighted by Gasteiger charge is 2.11. The first kappa shape index (κ1) is 14.2. The fraction of sp³-hybridized carbons (Fsp3) is 0.385. The number of rotatable bonds is 5. The smallest absolute Gasteiger partial charge is 0.340 e. The van der Waals surface area contributed by atoms with Crippen LogP contribution in [-0.4, -0.2) is 30.3 Å². The minimum Gasteiger partial charge on any atom is -0.469 e. The summed E-state index contributed by atoms with van der Waals surface area (Å²) in [6.07, 6.45) is -0.273. The van der Waals surface area contributed by atoms with Gasteiger partial charge in [0.15, 0.2) is 0 Å². The summed E-state index contributed by atoms with van der Waals surface area (Å²) >= 11 is 0. The zero-order valence-electron chi connectivity index (χ0n) is 10.4. The molecule has 98 valence electrons. The van der Waals surface area contributed by atoms with Gasteiger partial charge in [0.2, 0.25) is 0 Å². The molecule has 0 aliphatic rings. The van der Waals surface area contributed by atoms with Crippen LogP contribution in [0.2, 0.25) is 0 Å². The topological polar surface area (TPSA) is 72.8 Å². The Balaban J connectivity index is 2.52. The van der Waals surface area contributed by atoms with Gasteiger partial charge in [-0.3, -0.25) is 4.79 Å². The lowest BCUT2D eigenvalue weighted by molar-refractivity contribution is -0.142. The molecule has 5 heteroatoms. The van der Waals surface area contributed by atoms with Crippen molar-refractivity contribution in [2.75, 3.05) is 7.11 Å². The molecule has 0 fully saturated rings. The minimum absolute atomic E-state index is 0.264. The van der Waals surface area contributed by atoms with Crippen LogP contribution < -0.4 is 4.74 Å². The zero-order chi connectivity index (χ0) is 13.5. The maximum Gasteiger partial charge on any atom is 0.340 e. The van der Waals surface area contributed by atoms with E-state index in [-0.39, 0.29) is 5.97 Å². The number of methoxy groups -OCH3 is 1. The molecule has 0 amide bonds. The summed E-state index contributed by atoms with van der Waals surface area (Å²) in [5, 5.41) is 8.98. The van der Waals surface area contributed by atoms with Crippen LogP contribution in [0.15, 0.2) is 24.3 Å². The van der Waals surface area contributed by atoms with Crippen LogP contribution in [-0.2, 0) is 20.7 Å². The van der Waals surface area contributed by atoms with E-state index < -0.39 is 12.1 Å². The van der Waals surface area contributed by atoms with Gasteiger partial charge < -0.3 is 14.6 Å². The average molecular weight is 252 g/mol. The Hall–Kier alpha value is -1.88. The van der Waals surface area contributed by atoms with Crippen molar-refractivity contribution < 1.29 is 24.2 Å². The van der Waals surface area contributed by atoms with E-state index in [1.165, 1.54) is 14.0 Å². The van der Waals surface area contributed by atoms with Gasteiger partial charge in [0.1, 0.15) is 11.9 Å². The molecule has 1 rings (SSSR count). The highest BCUT2D eigenvalue weighted by molar-refractivity contribution is 5.76. The van der Waals surface area contributed by atoms with Crippen LogP contribution in [0, 0.1) is 0 Å². The second-order valence-corrected chi connectivity index (χ2v) is 3.82. The molecule has 0 aromatic heterocycles. The van der Waals surface area contributed by atoms with Crippen molar-refractivity contribution >= 4 is 11.9 Å². The molecule has 0 spiro atoms. The lowest BCUT2D eigenvalue weighted by Crippen LogP contribution is -2.22. The van der Waals surface area contributed by atoms with Gasteiger partial charge in [-0.15, -0.1) is 0 Å². The molecule has 5 nitrogen and oxygen atoms in total. The quantitative estimate of drug-likeness (QED) is 0.627. The highest BCUT2D eigenvalue weighted by atomic mass is 16.5. The monoisotopic (exact) mass is 252 g/mol. The largest absolute Gasteiger partial charge is 0.469 e. The van der Waals surface area contributed by atoms with Gasteiger partial charge >= 0.3 is 11.9 Å². The number of aryl methyl sites for hydroxylation is 1. The molecule has 1 N–H and O–H groups in total. The summed E-state index contributed by atoms with van der Waals surface area (Å²) in [6, 6.07) is 6.75. The lowest BCUT2D eigenvalue weighted by atomic mass is 10.1. The minimum atomic E-state index is -1.15. The van der Waals surface area contributed by atoms with E-state index in [0.717, 1.165) is 5.56 Å². The SMILES string of the molecule is COC(=O)CCc1ccc(OC(=O)C(C)O)cc1. The van der Waals surface area contributed by atoms with Gasteiger partial charge in [0.05, 0.1) is 7.11 Å². The number of carbonyl (C=O) groups is 2. The van der Waals surface area contributed by atoms with Gasteiger partial charge in [-0.2, -0.15) is 0 Å². The van der Waals surface area contributed by atoms with Crippen molar-refractivity contribution in [3.63, 3.8) is 0 Å². The normalized spacial score (nSPS) is 11.7. The van der Waals surface area contributed by atoms with Gasteiger partial charge in [-0.1, -0.05) is 12.1 Å². The Bertz CT molecular complexity index is 408. The van der Waals surface area contributed by atoms with Gasteiger partial charge in [0, 0.05) is 6.42 Å². The Morgan fingerprint density at radius 1 is 1.28 bits per heavy atom. The van der Waals surface area contributed by atoms with E-state index in [1.54, 1.807) is 24.3 Å². The predicted molar refractivity (Wildman–Crippen MR) is 64.1 cm³/mol. The number of esters is 2. The molecule has 0 heterocycles. The fourth-order valence-electron chi connectivity index (χ4n) is 1.27. The maximum atomic E-state index is 11.1. The zero-order valence-corrected chi connectivity index (χ0v) is 10.4. The summed E-state index contributed by atoms with van der Waals surface area (Å²) in [4.78, 5) is 22.1. The molecule has 1 atom stereocenters. The lowest BCUT2D eigenvalue weighted by Gasteiger charge is -2.06. The highest BCUT2D eigenvalue weighted by Crippen LogP contribution is 2.14. The van der Waals surface area contributed by atoms with Crippen molar-refractivity contribution in [3.05, 3.63) is 29.8 Å². The molecule has 0 aliphatic carbocycles. The summed E-state index contributed by atoms with van der Waals surface area (Å²) in [5.74, 6) is -0.598. The van der Waals surface area contributed by atoms with E-state index in [4.69, 9.17) is 9.84 Å². The van der Waals surface area contributed by atoms with Crippen molar-refractivity contribution in [1.82, 2.24) is 0 Å². The first-order valence-electron chi connectivity index (χ1n) is 5.58. The third-order valence-corrected chi connectivity index (χ3v) is 2.33. The number of benzene rings is 1. The van der Waals surface area contributed by atoms with E-state index in [9.17, 15) is 9.59 Å². The Labute approximate surface area is 105 Å². The van der Waals surface area contributed by atoms with Crippen LogP contribution in [0.4, 0.5) is 0 Å². The molecule has 1 aromatic rings. The summed E-state index contributed by atoms with van der Waals surface area (Å²) in [5.41, 5.74) is 0.942. The van der Waals surface area contributed by atoms with Crippen molar-refractivity contribution in [2.45, 2.75) is 25.9 Å². The van der Waals surface area contributed by atoms with Gasteiger partial charge in [-0.05, 0) is 31.0 Å². The molecule has 0 saturated carbocycles. The summed E-state index contributed by atoms with van der Waals surface area (Å²) < 4.78 is 9.44. The molecular weight excluding hydrogens is 236 g/mol. The average Bonchev–Trinajstić information content (AvgIpc) is 2.37. The number of aliphatic hydroxyl groups excluding tert-OH is 1. The third-order valence-electron chi connectivity index (χ3n) is 2.33. The summed E-state index contributed by atoms with van der Waals surface area (Å²) in [6.45, 7) is 1.34. The molecule has 18 heavy (non-hydrogen) atoms. The van der Waals surface area contributed by atoms with Crippen molar-refractivity contribution in [1.29, 1.82) is 0 Å². The van der Waals surface area contributed by atoms with Crippen LogP contribution in [0.3, 0.4) is 0 Å². The first-order chi connectivity index (χ1) is 8.52. The van der Waals surface area contributed by atoms with Crippen LogP contribution >= 0.6 is 0 Å². The first-order valence-corrected chi connectivity index (χ1v) is 5.58. The van der Waals surface area contributed by atoms with E-state index >= 15 is 0 Å². The summed E-state index contributed by atoms with van der Waals surface area (Å²) in [7, 11) is 1.35. The Morgan fingerprint density at radius 3 is 2.39 bits per heavy atom. The number of aliphatic hydroxyl groups is 1. The van der Waals surface area contributed by atoms with Crippen LogP contribution in [0.1, 0.15) is 18.9 Å². The number of hydrogen-bond acceptors (Lipinski definition) is 5. The van der Waals surface area contributed by atoms with Crippen LogP contribution in [0.5, 0.6) is 5.75 Å². The van der Waals surface area contributed by atoms with Crippen molar-refractivity contribution in [3.8, 4) is 5.75 Å². The Morgan fingerprint density at radius 2 is 1.89 bits per heavy atom. The second kappa shape index (κ2) is 6.76. The van der Waals surface area contributed by atoms with Gasteiger partial charge in [-0.25, -0.2) is 4.79 Å². The Kier molecular flexibility index (Phi) is 5.32.